The van der Waals surface area contributed by atoms with Gasteiger partial charge in [0.15, 0.2) is 17.6 Å². The van der Waals surface area contributed by atoms with E-state index in [-0.39, 0.29) is 12.7 Å². The molecule has 1 atom stereocenters. The van der Waals surface area contributed by atoms with Crippen molar-refractivity contribution in [1.29, 1.82) is 0 Å². The quantitative estimate of drug-likeness (QED) is 0.828. The van der Waals surface area contributed by atoms with Crippen LogP contribution < -0.4 is 25.3 Å². The molecule has 0 aromatic heterocycles. The molecule has 2 aromatic rings. The van der Waals surface area contributed by atoms with Gasteiger partial charge in [-0.15, -0.1) is 0 Å². The van der Waals surface area contributed by atoms with E-state index < -0.39 is 6.10 Å². The van der Waals surface area contributed by atoms with Gasteiger partial charge in [-0.2, -0.15) is 0 Å². The third-order valence-electron chi connectivity index (χ3n) is 3.68. The van der Waals surface area contributed by atoms with Crippen LogP contribution in [0.1, 0.15) is 5.56 Å². The second-order valence-corrected chi connectivity index (χ2v) is 5.24. The van der Waals surface area contributed by atoms with E-state index in [0.717, 1.165) is 11.3 Å². The van der Waals surface area contributed by atoms with Crippen LogP contribution >= 0.6 is 0 Å². The van der Waals surface area contributed by atoms with Gasteiger partial charge in [0.25, 0.3) is 5.91 Å². The van der Waals surface area contributed by atoms with Crippen LogP contribution in [-0.4, -0.2) is 18.8 Å². The summed E-state index contributed by atoms with van der Waals surface area (Å²) in [5, 5.41) is 2.83. The number of carbonyl (C=O) groups excluding carboxylic acids is 1. The molecule has 0 saturated carbocycles. The molecule has 0 radical (unpaired) electrons. The summed E-state index contributed by atoms with van der Waals surface area (Å²) in [5.41, 5.74) is 7.93. The summed E-state index contributed by atoms with van der Waals surface area (Å²) >= 11 is 0. The Morgan fingerprint density at radius 2 is 1.95 bits per heavy atom. The number of fused-ring (bicyclic) bond motifs is 2. The van der Waals surface area contributed by atoms with Crippen LogP contribution in [0.25, 0.3) is 0 Å². The molecule has 0 spiro atoms. The van der Waals surface area contributed by atoms with Crippen LogP contribution in [0.15, 0.2) is 36.4 Å². The minimum absolute atomic E-state index is 0.171. The lowest BCUT2D eigenvalue weighted by Crippen LogP contribution is -2.38. The summed E-state index contributed by atoms with van der Waals surface area (Å²) in [6, 6.07) is 10.8. The topological polar surface area (TPSA) is 82.8 Å². The zero-order valence-electron chi connectivity index (χ0n) is 11.7. The van der Waals surface area contributed by atoms with Crippen molar-refractivity contribution in [3.8, 4) is 17.2 Å². The second kappa shape index (κ2) is 4.84. The van der Waals surface area contributed by atoms with Crippen molar-refractivity contribution >= 4 is 17.3 Å². The van der Waals surface area contributed by atoms with E-state index >= 15 is 0 Å². The minimum atomic E-state index is -0.602. The van der Waals surface area contributed by atoms with Gasteiger partial charge in [0.05, 0.1) is 5.69 Å². The molecular formula is C16H14N2O4. The van der Waals surface area contributed by atoms with Crippen molar-refractivity contribution in [2.75, 3.05) is 17.8 Å². The summed E-state index contributed by atoms with van der Waals surface area (Å²) in [6.07, 6.45) is -0.161. The molecule has 22 heavy (non-hydrogen) atoms. The maximum absolute atomic E-state index is 12.2. The number of carbonyl (C=O) groups is 1. The van der Waals surface area contributed by atoms with Crippen molar-refractivity contribution < 1.29 is 19.0 Å². The number of benzene rings is 2. The molecule has 3 N–H and O–H groups in total. The van der Waals surface area contributed by atoms with Gasteiger partial charge in [-0.05, 0) is 29.8 Å². The monoisotopic (exact) mass is 298 g/mol. The highest BCUT2D eigenvalue weighted by Crippen LogP contribution is 2.35. The first kappa shape index (κ1) is 12.8. The molecular weight excluding hydrogens is 284 g/mol. The predicted molar refractivity (Wildman–Crippen MR) is 80.2 cm³/mol. The molecule has 0 fully saturated rings. The zero-order chi connectivity index (χ0) is 15.1. The van der Waals surface area contributed by atoms with Crippen LogP contribution in [0.2, 0.25) is 0 Å². The van der Waals surface area contributed by atoms with Crippen molar-refractivity contribution in [2.45, 2.75) is 12.5 Å². The van der Waals surface area contributed by atoms with Gasteiger partial charge in [0.2, 0.25) is 6.79 Å². The molecule has 0 bridgehead atoms. The number of nitrogen functional groups attached to an aromatic ring is 1. The molecule has 2 heterocycles. The average Bonchev–Trinajstić information content (AvgIpc) is 2.96. The third-order valence-corrected chi connectivity index (χ3v) is 3.68. The number of ether oxygens (including phenoxy) is 3. The number of hydrogen-bond acceptors (Lipinski definition) is 5. The fourth-order valence-corrected chi connectivity index (χ4v) is 2.58. The van der Waals surface area contributed by atoms with Crippen LogP contribution in [0.4, 0.5) is 11.4 Å². The normalized spacial score (nSPS) is 18.4. The molecule has 0 saturated heterocycles. The summed E-state index contributed by atoms with van der Waals surface area (Å²) in [7, 11) is 0. The van der Waals surface area contributed by atoms with E-state index in [0.29, 0.717) is 29.3 Å². The Morgan fingerprint density at radius 3 is 2.86 bits per heavy atom. The van der Waals surface area contributed by atoms with E-state index in [9.17, 15) is 4.79 Å². The van der Waals surface area contributed by atoms with Gasteiger partial charge < -0.3 is 25.3 Å². The first-order valence-electron chi connectivity index (χ1n) is 6.94. The smallest absolute Gasteiger partial charge is 0.265 e. The molecule has 112 valence electrons. The van der Waals surface area contributed by atoms with Crippen LogP contribution in [0, 0.1) is 0 Å². The number of hydrogen-bond donors (Lipinski definition) is 2. The first-order chi connectivity index (χ1) is 10.7. The highest BCUT2D eigenvalue weighted by molar-refractivity contribution is 5.98. The molecule has 1 unspecified atom stereocenters. The fourth-order valence-electron chi connectivity index (χ4n) is 2.58. The Morgan fingerprint density at radius 1 is 1.09 bits per heavy atom. The van der Waals surface area contributed by atoms with E-state index in [2.05, 4.69) is 5.32 Å². The average molecular weight is 298 g/mol. The van der Waals surface area contributed by atoms with E-state index in [4.69, 9.17) is 19.9 Å². The van der Waals surface area contributed by atoms with E-state index in [1.165, 1.54) is 0 Å². The van der Waals surface area contributed by atoms with Gasteiger partial charge in [-0.25, -0.2) is 0 Å². The molecule has 2 aliphatic rings. The Kier molecular flexibility index (Phi) is 2.82. The Labute approximate surface area is 126 Å². The number of amides is 1. The lowest BCUT2D eigenvalue weighted by molar-refractivity contribution is -0.123. The van der Waals surface area contributed by atoms with Gasteiger partial charge in [0, 0.05) is 18.2 Å². The fraction of sp³-hybridized carbons (Fsp3) is 0.188. The van der Waals surface area contributed by atoms with E-state index in [1.807, 2.05) is 18.2 Å². The maximum atomic E-state index is 12.2. The Hall–Kier alpha value is -2.89. The lowest BCUT2D eigenvalue weighted by Gasteiger charge is -2.26. The van der Waals surface area contributed by atoms with Crippen molar-refractivity contribution in [2.24, 2.45) is 0 Å². The first-order valence-corrected chi connectivity index (χ1v) is 6.94. The van der Waals surface area contributed by atoms with Crippen LogP contribution in [-0.2, 0) is 11.2 Å². The number of nitrogens with two attached hydrogens (primary N) is 1. The predicted octanol–water partition coefficient (Wildman–Crippen LogP) is 1.94. The largest absolute Gasteiger partial charge is 0.478 e. The molecule has 6 heteroatoms. The summed E-state index contributed by atoms with van der Waals surface area (Å²) in [6.45, 7) is 0.228. The van der Waals surface area contributed by atoms with E-state index in [1.54, 1.807) is 18.2 Å². The maximum Gasteiger partial charge on any atom is 0.265 e. The second-order valence-electron chi connectivity index (χ2n) is 5.24. The molecule has 4 rings (SSSR count). The van der Waals surface area contributed by atoms with Crippen LogP contribution in [0.3, 0.4) is 0 Å². The summed E-state index contributed by atoms with van der Waals surface area (Å²) < 4.78 is 16.4. The molecule has 2 aromatic carbocycles. The number of anilines is 2. The van der Waals surface area contributed by atoms with Gasteiger partial charge >= 0.3 is 0 Å². The molecule has 0 aliphatic carbocycles. The summed E-state index contributed by atoms with van der Waals surface area (Å²) in [5.74, 6) is 1.83. The van der Waals surface area contributed by atoms with Crippen molar-refractivity contribution in [1.82, 2.24) is 0 Å². The molecule has 2 aliphatic heterocycles. The molecule has 1 amide bonds. The van der Waals surface area contributed by atoms with Crippen molar-refractivity contribution in [3.05, 3.63) is 42.0 Å². The molecule has 6 nitrogen and oxygen atoms in total. The summed E-state index contributed by atoms with van der Waals surface area (Å²) in [4.78, 5) is 12.2. The SMILES string of the molecule is Nc1ccc2c(c1)OC(Cc1ccc3c(c1)OCO3)C(=O)N2. The van der Waals surface area contributed by atoms with Gasteiger partial charge in [0.1, 0.15) is 5.75 Å². The number of nitrogens with one attached hydrogen (secondary N) is 1. The van der Waals surface area contributed by atoms with Crippen LogP contribution in [0.5, 0.6) is 17.2 Å². The zero-order valence-corrected chi connectivity index (χ0v) is 11.7. The standard InChI is InChI=1S/C16H14N2O4/c17-10-2-3-11-13(7-10)22-15(16(19)18-11)6-9-1-4-12-14(5-9)21-8-20-12/h1-5,7,15H,6,8,17H2,(H,18,19). The van der Waals surface area contributed by atoms with Gasteiger partial charge in [-0.3, -0.25) is 4.79 Å². The Bertz CT molecular complexity index is 760. The highest BCUT2D eigenvalue weighted by Gasteiger charge is 2.28. The van der Waals surface area contributed by atoms with Crippen molar-refractivity contribution in [3.63, 3.8) is 0 Å². The third kappa shape index (κ3) is 2.18. The lowest BCUT2D eigenvalue weighted by atomic mass is 10.1. The number of rotatable bonds is 2. The highest BCUT2D eigenvalue weighted by atomic mass is 16.7. The van der Waals surface area contributed by atoms with Gasteiger partial charge in [-0.1, -0.05) is 6.07 Å². The minimum Gasteiger partial charge on any atom is -0.478 e. The Balaban J connectivity index is 1.57.